The standard InChI is InChI=1S/C27H30FN3O5/c1-5-27(35)10-22(32)36-13-17-18(27)8-21-24-16(12-31(21)26(17)34)15(11-30(6-2)7-3)23-20(29-24)9-19(28)14(4)25(23)33/h8-9,29,35H,5-7,10-13H2,1-4H3. The molecule has 36 heavy (non-hydrogen) atoms. The highest BCUT2D eigenvalue weighted by Crippen LogP contribution is 2.41. The average Bonchev–Trinajstić information content (AvgIpc) is 3.16. The summed E-state index contributed by atoms with van der Waals surface area (Å²) in [5.41, 5.74) is 1.95. The largest absolute Gasteiger partial charge is 0.460 e. The van der Waals surface area contributed by atoms with E-state index in [-0.39, 0.29) is 48.1 Å². The number of cyclic esters (lactones) is 1. The van der Waals surface area contributed by atoms with Crippen LogP contribution in [0.25, 0.3) is 22.6 Å². The van der Waals surface area contributed by atoms with Gasteiger partial charge < -0.3 is 19.4 Å². The average molecular weight is 496 g/mol. The molecular weight excluding hydrogens is 465 g/mol. The van der Waals surface area contributed by atoms with Crippen LogP contribution in [0.4, 0.5) is 4.39 Å². The molecule has 0 fully saturated rings. The molecule has 5 rings (SSSR count). The van der Waals surface area contributed by atoms with Crippen molar-refractivity contribution in [2.75, 3.05) is 13.1 Å². The third-order valence-corrected chi connectivity index (χ3v) is 7.84. The Bertz CT molecular complexity index is 1490. The Morgan fingerprint density at radius 2 is 1.89 bits per heavy atom. The lowest BCUT2D eigenvalue weighted by atomic mass is 9.85. The van der Waals surface area contributed by atoms with Crippen molar-refractivity contribution in [3.05, 3.63) is 66.3 Å². The maximum absolute atomic E-state index is 14.6. The fourth-order valence-corrected chi connectivity index (χ4v) is 5.49. The number of aromatic nitrogens is 2. The molecule has 0 saturated heterocycles. The minimum absolute atomic E-state index is 0.0610. The smallest absolute Gasteiger partial charge is 0.309 e. The van der Waals surface area contributed by atoms with Crippen LogP contribution in [0.5, 0.6) is 0 Å². The Morgan fingerprint density at radius 1 is 1.17 bits per heavy atom. The zero-order valence-corrected chi connectivity index (χ0v) is 21.0. The molecule has 0 amide bonds. The van der Waals surface area contributed by atoms with Gasteiger partial charge in [-0.3, -0.25) is 19.3 Å². The first-order chi connectivity index (χ1) is 17.1. The van der Waals surface area contributed by atoms with Gasteiger partial charge in [-0.2, -0.15) is 0 Å². The molecule has 3 aliphatic heterocycles. The summed E-state index contributed by atoms with van der Waals surface area (Å²) in [4.78, 5) is 44.5. The van der Waals surface area contributed by atoms with E-state index in [4.69, 9.17) is 4.74 Å². The summed E-state index contributed by atoms with van der Waals surface area (Å²) in [6.07, 6.45) is -0.0194. The van der Waals surface area contributed by atoms with E-state index in [2.05, 4.69) is 9.88 Å². The molecule has 1 unspecified atom stereocenters. The van der Waals surface area contributed by atoms with Crippen LogP contribution in [0.1, 0.15) is 61.4 Å². The number of pyridine rings is 2. The number of aliphatic hydroxyl groups is 1. The van der Waals surface area contributed by atoms with Gasteiger partial charge in [0.05, 0.1) is 41.2 Å². The molecule has 0 aromatic carbocycles. The molecule has 1 aliphatic carbocycles. The van der Waals surface area contributed by atoms with Gasteiger partial charge in [0.2, 0.25) is 0 Å². The van der Waals surface area contributed by atoms with E-state index in [9.17, 15) is 23.9 Å². The molecule has 4 aliphatic rings. The van der Waals surface area contributed by atoms with E-state index in [1.165, 1.54) is 13.0 Å². The quantitative estimate of drug-likeness (QED) is 0.413. The molecule has 4 heterocycles. The van der Waals surface area contributed by atoms with Gasteiger partial charge in [0.25, 0.3) is 5.56 Å². The molecular formula is C27H30FN3O5. The van der Waals surface area contributed by atoms with E-state index in [0.29, 0.717) is 34.8 Å². The van der Waals surface area contributed by atoms with Gasteiger partial charge in [0, 0.05) is 17.7 Å². The van der Waals surface area contributed by atoms with Crippen LogP contribution >= 0.6 is 0 Å². The molecule has 190 valence electrons. The number of nitrogens with zero attached hydrogens (tertiary/aromatic N) is 2. The molecule has 9 heteroatoms. The number of nitrogens with one attached hydrogen (secondary N) is 1. The summed E-state index contributed by atoms with van der Waals surface area (Å²) >= 11 is 0. The normalized spacial score (nSPS) is 18.7. The minimum atomic E-state index is -1.53. The van der Waals surface area contributed by atoms with Crippen LogP contribution in [0, 0.1) is 12.7 Å². The van der Waals surface area contributed by atoms with Gasteiger partial charge in [0.1, 0.15) is 18.0 Å². The maximum Gasteiger partial charge on any atom is 0.309 e. The second-order valence-corrected chi connectivity index (χ2v) is 9.69. The molecule has 8 nitrogen and oxygen atoms in total. The molecule has 1 aromatic rings. The number of esters is 1. The Balaban J connectivity index is 1.83. The van der Waals surface area contributed by atoms with Crippen molar-refractivity contribution in [1.29, 1.82) is 0 Å². The second-order valence-electron chi connectivity index (χ2n) is 9.69. The summed E-state index contributed by atoms with van der Waals surface area (Å²) in [5.74, 6) is -1.15. The number of hydrogen-bond donors (Lipinski definition) is 2. The predicted octanol–water partition coefficient (Wildman–Crippen LogP) is 3.00. The van der Waals surface area contributed by atoms with Crippen molar-refractivity contribution >= 4 is 5.97 Å². The van der Waals surface area contributed by atoms with Gasteiger partial charge in [-0.1, -0.05) is 20.8 Å². The molecule has 0 radical (unpaired) electrons. The first-order valence-corrected chi connectivity index (χ1v) is 12.4. The third-order valence-electron chi connectivity index (χ3n) is 7.84. The summed E-state index contributed by atoms with van der Waals surface area (Å²) in [7, 11) is 0. The van der Waals surface area contributed by atoms with E-state index in [1.807, 2.05) is 13.8 Å². The zero-order chi connectivity index (χ0) is 25.9. The number of halogens is 1. The lowest BCUT2D eigenvalue weighted by Crippen LogP contribution is -2.32. The molecule has 0 saturated carbocycles. The van der Waals surface area contributed by atoms with Gasteiger partial charge in [-0.05, 0) is 49.7 Å². The van der Waals surface area contributed by atoms with Gasteiger partial charge in [-0.25, -0.2) is 4.39 Å². The molecule has 0 spiro atoms. The number of benzene rings is 1. The summed E-state index contributed by atoms with van der Waals surface area (Å²) in [5, 5.41) is 11.3. The Labute approximate surface area is 207 Å². The van der Waals surface area contributed by atoms with Crippen LogP contribution in [0.3, 0.4) is 0 Å². The Morgan fingerprint density at radius 3 is 2.56 bits per heavy atom. The SMILES string of the molecule is CCN(CC)Cc1c2c([nH]c3cc(F)c(C)c(=O)c1-3)-c1cc3c(c(=O)n1C2)COC(=O)CC3(O)CC. The van der Waals surface area contributed by atoms with Crippen molar-refractivity contribution < 1.29 is 19.0 Å². The van der Waals surface area contributed by atoms with Gasteiger partial charge in [0.15, 0.2) is 5.43 Å². The summed E-state index contributed by atoms with van der Waals surface area (Å²) in [6, 6.07) is 3.07. The lowest BCUT2D eigenvalue weighted by molar-refractivity contribution is -0.149. The minimum Gasteiger partial charge on any atom is -0.460 e. The number of rotatable bonds is 5. The number of H-pyrrole nitrogens is 1. The Hall–Kier alpha value is -3.30. The van der Waals surface area contributed by atoms with Crippen LogP contribution in [0.15, 0.2) is 21.7 Å². The summed E-state index contributed by atoms with van der Waals surface area (Å²) < 4.78 is 21.5. The zero-order valence-electron chi connectivity index (χ0n) is 21.0. The first kappa shape index (κ1) is 24.4. The summed E-state index contributed by atoms with van der Waals surface area (Å²) in [6.45, 7) is 9.30. The Kier molecular flexibility index (Phi) is 5.88. The highest BCUT2D eigenvalue weighted by Gasteiger charge is 2.40. The fraction of sp³-hybridized carbons (Fsp3) is 0.444. The van der Waals surface area contributed by atoms with Gasteiger partial charge in [-0.15, -0.1) is 0 Å². The molecule has 1 atom stereocenters. The first-order valence-electron chi connectivity index (χ1n) is 12.4. The van der Waals surface area contributed by atoms with Gasteiger partial charge >= 0.3 is 5.97 Å². The van der Waals surface area contributed by atoms with E-state index >= 15 is 0 Å². The predicted molar refractivity (Wildman–Crippen MR) is 132 cm³/mol. The molecule has 1 aromatic heterocycles. The lowest BCUT2D eigenvalue weighted by Gasteiger charge is -2.26. The monoisotopic (exact) mass is 495 g/mol. The van der Waals surface area contributed by atoms with Crippen molar-refractivity contribution in [2.45, 2.75) is 65.8 Å². The number of hydrogen-bond acceptors (Lipinski definition) is 6. The maximum atomic E-state index is 14.6. The highest BCUT2D eigenvalue weighted by molar-refractivity contribution is 5.78. The number of aromatic amines is 1. The van der Waals surface area contributed by atoms with Crippen molar-refractivity contribution in [1.82, 2.24) is 14.5 Å². The van der Waals surface area contributed by atoms with E-state index in [0.717, 1.165) is 24.2 Å². The number of carbonyl (C=O) groups is 1. The highest BCUT2D eigenvalue weighted by atomic mass is 19.1. The van der Waals surface area contributed by atoms with Crippen LogP contribution in [-0.2, 0) is 34.8 Å². The number of carbonyl (C=O) groups excluding carboxylic acids is 1. The van der Waals surface area contributed by atoms with E-state index < -0.39 is 17.4 Å². The van der Waals surface area contributed by atoms with E-state index in [1.54, 1.807) is 17.6 Å². The van der Waals surface area contributed by atoms with Crippen molar-refractivity contribution in [2.24, 2.45) is 0 Å². The van der Waals surface area contributed by atoms with Crippen LogP contribution in [0.2, 0.25) is 0 Å². The second kappa shape index (κ2) is 8.67. The van der Waals surface area contributed by atoms with Crippen LogP contribution in [-0.4, -0.2) is 38.6 Å². The third kappa shape index (κ3) is 3.52. The number of fused-ring (bicyclic) bond motifs is 5. The fourth-order valence-electron chi connectivity index (χ4n) is 5.49. The van der Waals surface area contributed by atoms with Crippen molar-refractivity contribution in [3.8, 4) is 22.6 Å². The topological polar surface area (TPSA) is 105 Å². The van der Waals surface area contributed by atoms with Crippen molar-refractivity contribution in [3.63, 3.8) is 0 Å². The number of ether oxygens (including phenoxy) is 1. The van der Waals surface area contributed by atoms with Crippen LogP contribution < -0.4 is 11.0 Å². The molecule has 2 N–H and O–H groups in total. The molecule has 0 bridgehead atoms.